The van der Waals surface area contributed by atoms with Crippen LogP contribution in [-0.2, 0) is 11.3 Å². The number of β-amino-alcohol motifs (C(OH)–C–C–N with tert-alkyl or cyclic N) is 1. The molecule has 0 spiro atoms. The molecule has 0 bridgehead atoms. The lowest BCUT2D eigenvalue weighted by molar-refractivity contribution is -0.0201. The summed E-state index contributed by atoms with van der Waals surface area (Å²) in [6.45, 7) is 10.1. The van der Waals surface area contributed by atoms with E-state index in [9.17, 15) is 5.11 Å². The summed E-state index contributed by atoms with van der Waals surface area (Å²) in [5.41, 5.74) is 0.191. The van der Waals surface area contributed by atoms with Gasteiger partial charge in [0.05, 0.1) is 32.0 Å². The van der Waals surface area contributed by atoms with E-state index in [2.05, 4.69) is 25.5 Å². The van der Waals surface area contributed by atoms with E-state index >= 15 is 0 Å². The van der Waals surface area contributed by atoms with E-state index in [-0.39, 0.29) is 0 Å². The maximum absolute atomic E-state index is 10.8. The number of rotatable bonds is 10. The molecule has 0 radical (unpaired) electrons. The second kappa shape index (κ2) is 10.8. The molecule has 162 valence electrons. The number of hydrogen-bond donors (Lipinski definition) is 3. The van der Waals surface area contributed by atoms with Crippen LogP contribution in [0.3, 0.4) is 0 Å². The Bertz CT molecular complexity index is 657. The monoisotopic (exact) mass is 405 g/mol. The maximum atomic E-state index is 10.8. The highest BCUT2D eigenvalue weighted by Gasteiger charge is 2.25. The van der Waals surface area contributed by atoms with Gasteiger partial charge in [0.1, 0.15) is 0 Å². The van der Waals surface area contributed by atoms with E-state index in [1.165, 1.54) is 12.8 Å². The molecule has 8 heteroatoms. The average Bonchev–Trinajstić information content (AvgIpc) is 3.54. The minimum absolute atomic E-state index is 0.419. The normalized spacial score (nSPS) is 20.2. The van der Waals surface area contributed by atoms with Crippen molar-refractivity contribution in [3.63, 3.8) is 0 Å². The van der Waals surface area contributed by atoms with Crippen LogP contribution in [0.1, 0.15) is 32.3 Å². The van der Waals surface area contributed by atoms with Crippen molar-refractivity contribution in [3.05, 3.63) is 23.9 Å². The number of nitrogens with one attached hydrogen (secondary N) is 2. The van der Waals surface area contributed by atoms with Crippen molar-refractivity contribution in [2.45, 2.75) is 38.8 Å². The standard InChI is InChI=1S/C21H35N5O3/c1-3-22-20(25-15-21(2,27)16-26-8-10-28-11-9-26)24-13-18-6-7-23-19(12-18)29-14-17-4-5-17/h6-7,12,17,27H,3-5,8-11,13-16H2,1-2H3,(H2,22,24,25). The Morgan fingerprint density at radius 3 is 2.90 bits per heavy atom. The molecule has 0 amide bonds. The molecule has 1 aromatic rings. The molecule has 1 saturated heterocycles. The van der Waals surface area contributed by atoms with E-state index in [1.54, 1.807) is 6.20 Å². The fourth-order valence-corrected chi connectivity index (χ4v) is 3.20. The predicted molar refractivity (Wildman–Crippen MR) is 113 cm³/mol. The molecule has 1 unspecified atom stereocenters. The summed E-state index contributed by atoms with van der Waals surface area (Å²) in [4.78, 5) is 11.2. The molecule has 0 aromatic carbocycles. The van der Waals surface area contributed by atoms with Crippen molar-refractivity contribution in [1.82, 2.24) is 20.5 Å². The van der Waals surface area contributed by atoms with E-state index < -0.39 is 5.60 Å². The highest BCUT2D eigenvalue weighted by molar-refractivity contribution is 5.79. The first kappa shape index (κ1) is 21.8. The Labute approximate surface area is 173 Å². The molecule has 29 heavy (non-hydrogen) atoms. The summed E-state index contributed by atoms with van der Waals surface area (Å²) < 4.78 is 11.1. The Hall–Kier alpha value is -1.90. The molecule has 1 aromatic heterocycles. The Morgan fingerprint density at radius 2 is 2.17 bits per heavy atom. The van der Waals surface area contributed by atoms with Crippen LogP contribution in [0.4, 0.5) is 0 Å². The first-order chi connectivity index (χ1) is 14.0. The largest absolute Gasteiger partial charge is 0.477 e. The first-order valence-corrected chi connectivity index (χ1v) is 10.7. The average molecular weight is 406 g/mol. The van der Waals surface area contributed by atoms with Crippen molar-refractivity contribution in [2.75, 3.05) is 52.5 Å². The van der Waals surface area contributed by atoms with Crippen LogP contribution in [0.2, 0.25) is 0 Å². The molecule has 1 atom stereocenters. The fourth-order valence-electron chi connectivity index (χ4n) is 3.20. The SMILES string of the molecule is CCNC(=NCc1ccnc(OCC2CC2)c1)NCC(C)(O)CN1CCOCC1. The number of aliphatic imine (C=N–C) groups is 1. The number of pyridine rings is 1. The van der Waals surface area contributed by atoms with Crippen LogP contribution in [-0.4, -0.2) is 79.1 Å². The minimum atomic E-state index is -0.853. The number of guanidine groups is 1. The van der Waals surface area contributed by atoms with Gasteiger partial charge in [0.25, 0.3) is 0 Å². The summed E-state index contributed by atoms with van der Waals surface area (Å²) in [5.74, 6) is 2.05. The molecular formula is C21H35N5O3. The third kappa shape index (κ3) is 8.16. The van der Waals surface area contributed by atoms with Crippen LogP contribution in [0, 0.1) is 5.92 Å². The molecule has 1 aliphatic carbocycles. The van der Waals surface area contributed by atoms with E-state index in [1.807, 2.05) is 26.0 Å². The summed E-state index contributed by atoms with van der Waals surface area (Å²) in [6.07, 6.45) is 4.29. The van der Waals surface area contributed by atoms with Gasteiger partial charge in [-0.25, -0.2) is 9.98 Å². The number of morpholine rings is 1. The highest BCUT2D eigenvalue weighted by Crippen LogP contribution is 2.29. The summed E-state index contributed by atoms with van der Waals surface area (Å²) in [6, 6.07) is 3.90. The molecule has 2 heterocycles. The van der Waals surface area contributed by atoms with E-state index in [0.717, 1.165) is 45.0 Å². The summed E-state index contributed by atoms with van der Waals surface area (Å²) in [5, 5.41) is 17.3. The van der Waals surface area contributed by atoms with Gasteiger partial charge in [-0.2, -0.15) is 0 Å². The van der Waals surface area contributed by atoms with Gasteiger partial charge in [0.2, 0.25) is 5.88 Å². The topological polar surface area (TPSA) is 91.2 Å². The molecule has 1 aliphatic heterocycles. The smallest absolute Gasteiger partial charge is 0.213 e. The zero-order valence-corrected chi connectivity index (χ0v) is 17.7. The number of hydrogen-bond acceptors (Lipinski definition) is 6. The number of aliphatic hydroxyl groups is 1. The van der Waals surface area contributed by atoms with Crippen molar-refractivity contribution in [3.8, 4) is 5.88 Å². The number of nitrogens with zero attached hydrogens (tertiary/aromatic N) is 3. The molecule has 3 rings (SSSR count). The van der Waals surface area contributed by atoms with Gasteiger partial charge in [0.15, 0.2) is 5.96 Å². The molecular weight excluding hydrogens is 370 g/mol. The van der Waals surface area contributed by atoms with E-state index in [0.29, 0.717) is 37.4 Å². The lowest BCUT2D eigenvalue weighted by atomic mass is 10.1. The Morgan fingerprint density at radius 1 is 1.38 bits per heavy atom. The van der Waals surface area contributed by atoms with Crippen LogP contribution in [0.25, 0.3) is 0 Å². The van der Waals surface area contributed by atoms with Crippen LogP contribution in [0.5, 0.6) is 5.88 Å². The summed E-state index contributed by atoms with van der Waals surface area (Å²) >= 11 is 0. The van der Waals surface area contributed by atoms with Gasteiger partial charge in [-0.15, -0.1) is 0 Å². The molecule has 1 saturated carbocycles. The van der Waals surface area contributed by atoms with Crippen molar-refractivity contribution in [1.29, 1.82) is 0 Å². The number of aromatic nitrogens is 1. The van der Waals surface area contributed by atoms with Crippen LogP contribution < -0.4 is 15.4 Å². The maximum Gasteiger partial charge on any atom is 0.213 e. The fraction of sp³-hybridized carbons (Fsp3) is 0.714. The van der Waals surface area contributed by atoms with Gasteiger partial charge in [-0.3, -0.25) is 4.90 Å². The predicted octanol–water partition coefficient (Wildman–Crippen LogP) is 1.01. The van der Waals surface area contributed by atoms with Crippen molar-refractivity contribution >= 4 is 5.96 Å². The van der Waals surface area contributed by atoms with Gasteiger partial charge < -0.3 is 25.2 Å². The highest BCUT2D eigenvalue weighted by atomic mass is 16.5. The number of ether oxygens (including phenoxy) is 2. The summed E-state index contributed by atoms with van der Waals surface area (Å²) in [7, 11) is 0. The lowest BCUT2D eigenvalue weighted by Crippen LogP contribution is -2.52. The van der Waals surface area contributed by atoms with E-state index in [4.69, 9.17) is 9.47 Å². The Balaban J connectivity index is 1.50. The molecule has 2 aliphatic rings. The second-order valence-corrected chi connectivity index (χ2v) is 8.19. The van der Waals surface area contributed by atoms with Crippen LogP contribution >= 0.6 is 0 Å². The van der Waals surface area contributed by atoms with Gasteiger partial charge in [0, 0.05) is 45.0 Å². The molecule has 2 fully saturated rings. The van der Waals surface area contributed by atoms with Gasteiger partial charge >= 0.3 is 0 Å². The quantitative estimate of drug-likeness (QED) is 0.395. The molecule has 8 nitrogen and oxygen atoms in total. The van der Waals surface area contributed by atoms with Crippen molar-refractivity contribution < 1.29 is 14.6 Å². The minimum Gasteiger partial charge on any atom is -0.477 e. The third-order valence-electron chi connectivity index (χ3n) is 5.03. The zero-order chi connectivity index (χ0) is 20.5. The first-order valence-electron chi connectivity index (χ1n) is 10.7. The Kier molecular flexibility index (Phi) is 8.09. The lowest BCUT2D eigenvalue weighted by Gasteiger charge is -2.34. The van der Waals surface area contributed by atoms with Crippen LogP contribution in [0.15, 0.2) is 23.3 Å². The van der Waals surface area contributed by atoms with Crippen molar-refractivity contribution in [2.24, 2.45) is 10.9 Å². The van der Waals surface area contributed by atoms with Gasteiger partial charge in [-0.05, 0) is 44.2 Å². The second-order valence-electron chi connectivity index (χ2n) is 8.19. The molecule has 3 N–H and O–H groups in total. The van der Waals surface area contributed by atoms with Gasteiger partial charge in [-0.1, -0.05) is 0 Å². The zero-order valence-electron chi connectivity index (χ0n) is 17.7. The third-order valence-corrected chi connectivity index (χ3v) is 5.03.